The van der Waals surface area contributed by atoms with Gasteiger partial charge in [0.2, 0.25) is 0 Å². The summed E-state index contributed by atoms with van der Waals surface area (Å²) < 4.78 is 0. The van der Waals surface area contributed by atoms with Gasteiger partial charge >= 0.3 is 6.03 Å². The van der Waals surface area contributed by atoms with Gasteiger partial charge in [-0.3, -0.25) is 4.98 Å². The molecule has 2 aromatic carbocycles. The Morgan fingerprint density at radius 3 is 2.65 bits per heavy atom. The lowest BCUT2D eigenvalue weighted by molar-refractivity contribution is 0.175. The second kappa shape index (κ2) is 6.89. The number of fused-ring (bicyclic) bond motifs is 1. The number of nitrogens with zero attached hydrogens (tertiary/aromatic N) is 1. The molecule has 3 aromatic rings. The summed E-state index contributed by atoms with van der Waals surface area (Å²) in [4.78, 5) is 16.3. The van der Waals surface area contributed by atoms with Crippen LogP contribution in [0.5, 0.6) is 0 Å². The topological polar surface area (TPSA) is 74.2 Å². The van der Waals surface area contributed by atoms with Gasteiger partial charge in [-0.2, -0.15) is 0 Å². The van der Waals surface area contributed by atoms with E-state index < -0.39 is 6.10 Å². The smallest absolute Gasteiger partial charge is 0.319 e. The second-order valence-corrected chi connectivity index (χ2v) is 5.14. The maximum absolute atomic E-state index is 12.0. The van der Waals surface area contributed by atoms with Crippen molar-refractivity contribution in [2.45, 2.75) is 6.10 Å². The number of carbonyl (C=O) groups is 1. The van der Waals surface area contributed by atoms with Crippen LogP contribution >= 0.6 is 0 Å². The van der Waals surface area contributed by atoms with Crippen molar-refractivity contribution in [3.8, 4) is 0 Å². The Balaban J connectivity index is 1.63. The van der Waals surface area contributed by atoms with Crippen LogP contribution in [0.15, 0.2) is 66.9 Å². The molecule has 5 heteroatoms. The number of amides is 2. The molecule has 0 saturated heterocycles. The molecule has 0 aliphatic rings. The minimum atomic E-state index is -0.743. The molecule has 0 spiro atoms. The van der Waals surface area contributed by atoms with E-state index in [0.29, 0.717) is 5.69 Å². The summed E-state index contributed by atoms with van der Waals surface area (Å²) in [5.41, 5.74) is 2.13. The van der Waals surface area contributed by atoms with Gasteiger partial charge in [0, 0.05) is 18.1 Å². The number of carbonyl (C=O) groups excluding carboxylic acids is 1. The third-order valence-corrected chi connectivity index (χ3v) is 3.52. The summed E-state index contributed by atoms with van der Waals surface area (Å²) >= 11 is 0. The van der Waals surface area contributed by atoms with E-state index in [1.54, 1.807) is 12.3 Å². The van der Waals surface area contributed by atoms with E-state index in [2.05, 4.69) is 15.6 Å². The maximum atomic E-state index is 12.0. The molecule has 0 bridgehead atoms. The number of aromatic nitrogens is 1. The van der Waals surface area contributed by atoms with Crippen LogP contribution in [-0.4, -0.2) is 22.7 Å². The molecule has 0 radical (unpaired) electrons. The van der Waals surface area contributed by atoms with Gasteiger partial charge in [-0.25, -0.2) is 4.79 Å². The lowest BCUT2D eigenvalue weighted by Crippen LogP contribution is -2.32. The van der Waals surface area contributed by atoms with Gasteiger partial charge in [0.25, 0.3) is 0 Å². The van der Waals surface area contributed by atoms with Crippen LogP contribution in [0.3, 0.4) is 0 Å². The van der Waals surface area contributed by atoms with E-state index in [4.69, 9.17) is 0 Å². The highest BCUT2D eigenvalue weighted by atomic mass is 16.3. The Bertz CT molecular complexity index is 800. The van der Waals surface area contributed by atoms with Crippen molar-refractivity contribution >= 4 is 22.6 Å². The number of anilines is 1. The minimum Gasteiger partial charge on any atom is -0.387 e. The maximum Gasteiger partial charge on any atom is 0.319 e. The summed E-state index contributed by atoms with van der Waals surface area (Å²) in [7, 11) is 0. The van der Waals surface area contributed by atoms with Crippen molar-refractivity contribution in [1.82, 2.24) is 10.3 Å². The Morgan fingerprint density at radius 1 is 1.04 bits per heavy atom. The van der Waals surface area contributed by atoms with Gasteiger partial charge in [0.1, 0.15) is 0 Å². The van der Waals surface area contributed by atoms with E-state index in [-0.39, 0.29) is 12.6 Å². The van der Waals surface area contributed by atoms with Crippen LogP contribution in [0.1, 0.15) is 11.7 Å². The Kier molecular flexibility index (Phi) is 4.49. The van der Waals surface area contributed by atoms with Crippen LogP contribution in [0.2, 0.25) is 0 Å². The van der Waals surface area contributed by atoms with E-state index in [1.807, 2.05) is 54.6 Å². The largest absolute Gasteiger partial charge is 0.387 e. The highest BCUT2D eigenvalue weighted by molar-refractivity contribution is 5.99. The SMILES string of the molecule is O=C(NC[C@H](O)c1ccccc1)Nc1cccc2cccnc12. The van der Waals surface area contributed by atoms with Crippen LogP contribution in [-0.2, 0) is 0 Å². The molecule has 1 aromatic heterocycles. The zero-order valence-corrected chi connectivity index (χ0v) is 12.4. The molecule has 1 heterocycles. The number of benzene rings is 2. The van der Waals surface area contributed by atoms with Crippen molar-refractivity contribution in [2.24, 2.45) is 0 Å². The van der Waals surface area contributed by atoms with E-state index in [0.717, 1.165) is 16.5 Å². The van der Waals surface area contributed by atoms with Crippen molar-refractivity contribution in [2.75, 3.05) is 11.9 Å². The third-order valence-electron chi connectivity index (χ3n) is 3.52. The molecular formula is C18H17N3O2. The molecule has 3 N–H and O–H groups in total. The number of rotatable bonds is 4. The fourth-order valence-electron chi connectivity index (χ4n) is 2.35. The van der Waals surface area contributed by atoms with Crippen molar-refractivity contribution in [3.05, 3.63) is 72.4 Å². The molecule has 0 aliphatic carbocycles. The number of pyridine rings is 1. The first-order valence-electron chi connectivity index (χ1n) is 7.35. The van der Waals surface area contributed by atoms with Crippen molar-refractivity contribution < 1.29 is 9.90 Å². The highest BCUT2D eigenvalue weighted by Gasteiger charge is 2.10. The lowest BCUT2D eigenvalue weighted by atomic mass is 10.1. The predicted octanol–water partition coefficient (Wildman–Crippen LogP) is 3.09. The van der Waals surface area contributed by atoms with Gasteiger partial charge in [-0.1, -0.05) is 48.5 Å². The van der Waals surface area contributed by atoms with Crippen LogP contribution in [0, 0.1) is 0 Å². The van der Waals surface area contributed by atoms with Crippen molar-refractivity contribution in [3.63, 3.8) is 0 Å². The highest BCUT2D eigenvalue weighted by Crippen LogP contribution is 2.20. The number of aliphatic hydroxyl groups excluding tert-OH is 1. The molecule has 5 nitrogen and oxygen atoms in total. The molecule has 116 valence electrons. The minimum absolute atomic E-state index is 0.133. The molecule has 0 unspecified atom stereocenters. The third kappa shape index (κ3) is 3.64. The summed E-state index contributed by atoms with van der Waals surface area (Å²) in [5.74, 6) is 0. The standard InChI is InChI=1S/C18H17N3O2/c22-16(13-6-2-1-3-7-13)12-20-18(23)21-15-10-4-8-14-9-5-11-19-17(14)15/h1-11,16,22H,12H2,(H2,20,21,23)/t16-/m0/s1. The zero-order chi connectivity index (χ0) is 16.1. The van der Waals surface area contributed by atoms with Gasteiger partial charge < -0.3 is 15.7 Å². The first-order chi connectivity index (χ1) is 11.2. The molecule has 0 fully saturated rings. The number of aliphatic hydroxyl groups is 1. The molecule has 3 rings (SSSR count). The van der Waals surface area contributed by atoms with Gasteiger partial charge in [0.05, 0.1) is 17.3 Å². The zero-order valence-electron chi connectivity index (χ0n) is 12.4. The van der Waals surface area contributed by atoms with Crippen LogP contribution < -0.4 is 10.6 Å². The van der Waals surface area contributed by atoms with Gasteiger partial charge in [-0.15, -0.1) is 0 Å². The number of urea groups is 1. The Labute approximate surface area is 134 Å². The quantitative estimate of drug-likeness (QED) is 0.693. The normalized spacial score (nSPS) is 11.9. The summed E-state index contributed by atoms with van der Waals surface area (Å²) in [6.45, 7) is 0.133. The average molecular weight is 307 g/mol. The lowest BCUT2D eigenvalue weighted by Gasteiger charge is -2.13. The first-order valence-corrected chi connectivity index (χ1v) is 7.35. The van der Waals surface area contributed by atoms with E-state index >= 15 is 0 Å². The molecule has 23 heavy (non-hydrogen) atoms. The number of para-hydroxylation sites is 1. The van der Waals surface area contributed by atoms with Gasteiger partial charge in [0.15, 0.2) is 0 Å². The molecule has 0 aliphatic heterocycles. The van der Waals surface area contributed by atoms with Crippen molar-refractivity contribution in [1.29, 1.82) is 0 Å². The average Bonchev–Trinajstić information content (AvgIpc) is 2.61. The van der Waals surface area contributed by atoms with E-state index in [9.17, 15) is 9.90 Å². The molecule has 1 atom stereocenters. The van der Waals surface area contributed by atoms with Gasteiger partial charge in [-0.05, 0) is 17.7 Å². The number of hydrogen-bond donors (Lipinski definition) is 3. The second-order valence-electron chi connectivity index (χ2n) is 5.14. The summed E-state index contributed by atoms with van der Waals surface area (Å²) in [6.07, 6.45) is 0.942. The van der Waals surface area contributed by atoms with Crippen LogP contribution in [0.4, 0.5) is 10.5 Å². The molecular weight excluding hydrogens is 290 g/mol. The molecule has 0 saturated carbocycles. The fraction of sp³-hybridized carbons (Fsp3) is 0.111. The Hall–Kier alpha value is -2.92. The van der Waals surface area contributed by atoms with E-state index in [1.165, 1.54) is 0 Å². The summed E-state index contributed by atoms with van der Waals surface area (Å²) in [6, 6.07) is 18.2. The number of nitrogens with one attached hydrogen (secondary N) is 2. The van der Waals surface area contributed by atoms with Crippen LogP contribution in [0.25, 0.3) is 10.9 Å². The summed E-state index contributed by atoms with van der Waals surface area (Å²) in [5, 5.41) is 16.4. The first kappa shape index (κ1) is 15.0. The Morgan fingerprint density at radius 2 is 1.83 bits per heavy atom. The predicted molar refractivity (Wildman–Crippen MR) is 90.2 cm³/mol. The molecule has 2 amide bonds. The fourth-order valence-corrected chi connectivity index (χ4v) is 2.35. The number of hydrogen-bond acceptors (Lipinski definition) is 3. The monoisotopic (exact) mass is 307 g/mol.